The van der Waals surface area contributed by atoms with E-state index in [2.05, 4.69) is 31.9 Å². The number of nitrogens with two attached hydrogens (primary N) is 1. The minimum atomic E-state index is -0.288. The molecule has 2 aromatic carbocycles. The van der Waals surface area contributed by atoms with E-state index in [-0.39, 0.29) is 5.82 Å². The van der Waals surface area contributed by atoms with E-state index >= 15 is 0 Å². The summed E-state index contributed by atoms with van der Waals surface area (Å²) >= 11 is 6.66. The highest BCUT2D eigenvalue weighted by atomic mass is 79.9. The van der Waals surface area contributed by atoms with Crippen LogP contribution in [0.1, 0.15) is 11.1 Å². The molecule has 0 heterocycles. The Hall–Kier alpha value is -0.910. The third-order valence-corrected chi connectivity index (χ3v) is 4.23. The first kappa shape index (κ1) is 15.5. The average molecular weight is 403 g/mol. The van der Waals surface area contributed by atoms with Gasteiger partial charge in [0.15, 0.2) is 0 Å². The summed E-state index contributed by atoms with van der Waals surface area (Å²) in [5.74, 6) is 0.485. The van der Waals surface area contributed by atoms with Gasteiger partial charge in [0, 0.05) is 10.0 Å². The molecule has 0 saturated heterocycles. The van der Waals surface area contributed by atoms with Gasteiger partial charge in [-0.2, -0.15) is 0 Å². The summed E-state index contributed by atoms with van der Waals surface area (Å²) in [6.07, 6.45) is 0.735. The van der Waals surface area contributed by atoms with Crippen LogP contribution in [0.2, 0.25) is 0 Å². The summed E-state index contributed by atoms with van der Waals surface area (Å²) in [6, 6.07) is 10.7. The topological polar surface area (TPSA) is 35.2 Å². The van der Waals surface area contributed by atoms with E-state index < -0.39 is 0 Å². The van der Waals surface area contributed by atoms with Crippen LogP contribution in [0.3, 0.4) is 0 Å². The molecule has 0 aliphatic carbocycles. The van der Waals surface area contributed by atoms with Crippen molar-refractivity contribution in [3.05, 3.63) is 62.3 Å². The van der Waals surface area contributed by atoms with E-state index in [1.54, 1.807) is 6.07 Å². The zero-order valence-electron chi connectivity index (χ0n) is 10.7. The predicted octanol–water partition coefficient (Wildman–Crippen LogP) is 4.43. The van der Waals surface area contributed by atoms with Gasteiger partial charge in [-0.1, -0.05) is 28.1 Å². The summed E-state index contributed by atoms with van der Waals surface area (Å²) in [6.45, 7) is 0.855. The van der Waals surface area contributed by atoms with Crippen molar-refractivity contribution in [1.82, 2.24) is 0 Å². The summed E-state index contributed by atoms with van der Waals surface area (Å²) in [5.41, 5.74) is 7.41. The zero-order valence-corrected chi connectivity index (χ0v) is 13.9. The normalized spacial score (nSPS) is 10.6. The van der Waals surface area contributed by atoms with E-state index in [0.29, 0.717) is 17.6 Å². The molecule has 0 fully saturated rings. The van der Waals surface area contributed by atoms with Gasteiger partial charge in [-0.05, 0) is 58.7 Å². The van der Waals surface area contributed by atoms with Gasteiger partial charge in [-0.3, -0.25) is 0 Å². The highest BCUT2D eigenvalue weighted by Crippen LogP contribution is 2.26. The smallest absolute Gasteiger partial charge is 0.137 e. The number of benzene rings is 2. The van der Waals surface area contributed by atoms with Crippen molar-refractivity contribution >= 4 is 31.9 Å². The average Bonchev–Trinajstić information content (AvgIpc) is 2.42. The molecule has 2 aromatic rings. The molecule has 2 N–H and O–H groups in total. The lowest BCUT2D eigenvalue weighted by molar-refractivity contribution is 0.301. The molecule has 0 saturated carbocycles. The van der Waals surface area contributed by atoms with Gasteiger partial charge in [0.05, 0.1) is 4.47 Å². The van der Waals surface area contributed by atoms with Crippen LogP contribution >= 0.6 is 31.9 Å². The van der Waals surface area contributed by atoms with Crippen LogP contribution in [-0.4, -0.2) is 6.54 Å². The summed E-state index contributed by atoms with van der Waals surface area (Å²) in [7, 11) is 0. The minimum absolute atomic E-state index is 0.288. The second-order valence-electron chi connectivity index (χ2n) is 4.29. The molecule has 0 aliphatic heterocycles. The van der Waals surface area contributed by atoms with Gasteiger partial charge in [-0.25, -0.2) is 4.39 Å². The number of hydrogen-bond donors (Lipinski definition) is 1. The van der Waals surface area contributed by atoms with Gasteiger partial charge in [0.2, 0.25) is 0 Å². The third-order valence-electron chi connectivity index (χ3n) is 2.85. The molecule has 0 spiro atoms. The van der Waals surface area contributed by atoms with Crippen molar-refractivity contribution in [2.45, 2.75) is 13.0 Å². The minimum Gasteiger partial charge on any atom is -0.489 e. The van der Waals surface area contributed by atoms with Crippen LogP contribution < -0.4 is 10.5 Å². The summed E-state index contributed by atoms with van der Waals surface area (Å²) < 4.78 is 20.7. The van der Waals surface area contributed by atoms with Crippen molar-refractivity contribution in [3.8, 4) is 5.75 Å². The molecule has 0 bridgehead atoms. The fraction of sp³-hybridized carbons (Fsp3) is 0.200. The fourth-order valence-electron chi connectivity index (χ4n) is 1.86. The van der Waals surface area contributed by atoms with Crippen LogP contribution in [0.25, 0.3) is 0 Å². The Morgan fingerprint density at radius 3 is 2.65 bits per heavy atom. The number of hydrogen-bond acceptors (Lipinski definition) is 2. The second kappa shape index (κ2) is 7.20. The molecule has 0 unspecified atom stereocenters. The van der Waals surface area contributed by atoms with Crippen molar-refractivity contribution in [2.75, 3.05) is 6.54 Å². The molecule has 0 aliphatic rings. The molecular weight excluding hydrogens is 389 g/mol. The molecule has 0 radical (unpaired) electrons. The maximum Gasteiger partial charge on any atom is 0.137 e. The number of ether oxygens (including phenoxy) is 1. The van der Waals surface area contributed by atoms with Crippen molar-refractivity contribution in [3.63, 3.8) is 0 Å². The van der Waals surface area contributed by atoms with Gasteiger partial charge in [-0.15, -0.1) is 0 Å². The van der Waals surface area contributed by atoms with Crippen LogP contribution in [0, 0.1) is 5.82 Å². The van der Waals surface area contributed by atoms with Crippen LogP contribution in [0.5, 0.6) is 5.75 Å². The highest BCUT2D eigenvalue weighted by molar-refractivity contribution is 9.10. The van der Waals surface area contributed by atoms with E-state index in [0.717, 1.165) is 27.8 Å². The van der Waals surface area contributed by atoms with Crippen molar-refractivity contribution in [1.29, 1.82) is 0 Å². The molecule has 20 heavy (non-hydrogen) atoms. The van der Waals surface area contributed by atoms with E-state index in [4.69, 9.17) is 10.5 Å². The first-order valence-electron chi connectivity index (χ1n) is 6.16. The second-order valence-corrected chi connectivity index (χ2v) is 6.00. The fourth-order valence-corrected chi connectivity index (χ4v) is 2.64. The third kappa shape index (κ3) is 3.81. The van der Waals surface area contributed by atoms with Gasteiger partial charge in [0.25, 0.3) is 0 Å². The molecule has 2 nitrogen and oxygen atoms in total. The Morgan fingerprint density at radius 2 is 1.90 bits per heavy atom. The molecule has 5 heteroatoms. The van der Waals surface area contributed by atoms with E-state index in [1.165, 1.54) is 6.07 Å². The lowest BCUT2D eigenvalue weighted by atomic mass is 10.1. The Balaban J connectivity index is 2.16. The lowest BCUT2D eigenvalue weighted by Crippen LogP contribution is -2.06. The van der Waals surface area contributed by atoms with Gasteiger partial charge in [0.1, 0.15) is 18.2 Å². The van der Waals surface area contributed by atoms with Crippen molar-refractivity contribution < 1.29 is 9.13 Å². The van der Waals surface area contributed by atoms with Gasteiger partial charge >= 0.3 is 0 Å². The van der Waals surface area contributed by atoms with E-state index in [9.17, 15) is 4.39 Å². The standard InChI is InChI=1S/C15H14Br2FNO/c16-12-4-5-14(10(8-12)6-7-19)20-9-11-2-1-3-13(18)15(11)17/h1-5,8H,6-7,9,19H2. The first-order chi connectivity index (χ1) is 9.61. The maximum absolute atomic E-state index is 13.4. The Labute approximate surface area is 134 Å². The summed E-state index contributed by atoms with van der Waals surface area (Å²) in [4.78, 5) is 0. The quantitative estimate of drug-likeness (QED) is 0.802. The SMILES string of the molecule is NCCc1cc(Br)ccc1OCc1cccc(F)c1Br. The maximum atomic E-state index is 13.4. The zero-order chi connectivity index (χ0) is 14.5. The Bertz CT molecular complexity index is 604. The van der Waals surface area contributed by atoms with Gasteiger partial charge < -0.3 is 10.5 Å². The number of halogens is 3. The largest absolute Gasteiger partial charge is 0.489 e. The van der Waals surface area contributed by atoms with Crippen LogP contribution in [0.4, 0.5) is 4.39 Å². The Morgan fingerprint density at radius 1 is 1.10 bits per heavy atom. The first-order valence-corrected chi connectivity index (χ1v) is 7.74. The molecule has 0 atom stereocenters. The lowest BCUT2D eigenvalue weighted by Gasteiger charge is -2.12. The van der Waals surface area contributed by atoms with Crippen molar-refractivity contribution in [2.24, 2.45) is 5.73 Å². The molecule has 0 aromatic heterocycles. The Kier molecular flexibility index (Phi) is 5.57. The molecule has 106 valence electrons. The predicted molar refractivity (Wildman–Crippen MR) is 85.3 cm³/mol. The number of rotatable bonds is 5. The van der Waals surface area contributed by atoms with E-state index in [1.807, 2.05) is 24.3 Å². The molecular formula is C15H14Br2FNO. The summed E-state index contributed by atoms with van der Waals surface area (Å²) in [5, 5.41) is 0. The highest BCUT2D eigenvalue weighted by Gasteiger charge is 2.08. The van der Waals surface area contributed by atoms with Crippen LogP contribution in [0.15, 0.2) is 45.3 Å². The van der Waals surface area contributed by atoms with Crippen LogP contribution in [-0.2, 0) is 13.0 Å². The molecule has 0 amide bonds. The molecule has 2 rings (SSSR count). The monoisotopic (exact) mass is 401 g/mol.